The number of benzene rings is 2. The first-order valence-electron chi connectivity index (χ1n) is 12.7. The third kappa shape index (κ3) is 7.94. The standard InChI is InChI=1S/C24H22F6N6O4S4/c25-23(26,27)17-13-15(35(37)38)1-3-19(17)31-5-9-33(10-6-31)21(41)43-44-22(42)34-11-7-32(8-12-34)20-4-2-16(36(39)40)14-18(20)24(28,29)30/h1-4,13-14H,5-12H2. The highest BCUT2D eigenvalue weighted by atomic mass is 33.1. The molecule has 2 aromatic rings. The monoisotopic (exact) mass is 700 g/mol. The Balaban J connectivity index is 1.28. The lowest BCUT2D eigenvalue weighted by molar-refractivity contribution is -0.385. The molecule has 2 aliphatic heterocycles. The van der Waals surface area contributed by atoms with Crippen molar-refractivity contribution in [2.45, 2.75) is 12.4 Å². The van der Waals surface area contributed by atoms with Crippen LogP contribution in [0.2, 0.25) is 0 Å². The lowest BCUT2D eigenvalue weighted by Crippen LogP contribution is -2.48. The first-order valence-corrected chi connectivity index (χ1v) is 15.7. The normalized spacial score (nSPS) is 16.2. The molecule has 0 unspecified atom stereocenters. The van der Waals surface area contributed by atoms with E-state index < -0.39 is 44.7 Å². The third-order valence-corrected chi connectivity index (χ3v) is 10.7. The van der Waals surface area contributed by atoms with E-state index in [-0.39, 0.29) is 37.6 Å². The van der Waals surface area contributed by atoms with Gasteiger partial charge < -0.3 is 19.6 Å². The van der Waals surface area contributed by atoms with Gasteiger partial charge in [0.25, 0.3) is 11.4 Å². The van der Waals surface area contributed by atoms with Gasteiger partial charge in [0.2, 0.25) is 0 Å². The highest BCUT2D eigenvalue weighted by molar-refractivity contribution is 8.89. The molecule has 44 heavy (non-hydrogen) atoms. The predicted molar refractivity (Wildman–Crippen MR) is 164 cm³/mol. The third-order valence-electron chi connectivity index (χ3n) is 6.93. The Labute approximate surface area is 265 Å². The summed E-state index contributed by atoms with van der Waals surface area (Å²) in [6.45, 7) is 2.02. The van der Waals surface area contributed by atoms with Gasteiger partial charge in [-0.25, -0.2) is 0 Å². The number of rotatable bonds is 4. The van der Waals surface area contributed by atoms with Gasteiger partial charge in [-0.05, 0) is 33.7 Å². The number of nitro benzene ring substituents is 2. The van der Waals surface area contributed by atoms with Gasteiger partial charge in [-0.3, -0.25) is 20.2 Å². The Kier molecular flexibility index (Phi) is 10.4. The topological polar surface area (TPSA) is 99.2 Å². The molecular formula is C24H22F6N6O4S4. The maximum absolute atomic E-state index is 13.6. The zero-order chi connectivity index (χ0) is 32.4. The van der Waals surface area contributed by atoms with Crippen molar-refractivity contribution in [1.82, 2.24) is 9.80 Å². The van der Waals surface area contributed by atoms with Crippen molar-refractivity contribution in [3.8, 4) is 0 Å². The highest BCUT2D eigenvalue weighted by Crippen LogP contribution is 2.41. The zero-order valence-electron chi connectivity index (χ0n) is 22.3. The van der Waals surface area contributed by atoms with Crippen LogP contribution < -0.4 is 9.80 Å². The van der Waals surface area contributed by atoms with Gasteiger partial charge in [-0.2, -0.15) is 26.3 Å². The van der Waals surface area contributed by atoms with Crippen LogP contribution in [0.3, 0.4) is 0 Å². The summed E-state index contributed by atoms with van der Waals surface area (Å²) in [4.78, 5) is 26.8. The molecule has 2 aliphatic rings. The molecule has 2 heterocycles. The fraction of sp³-hybridized carbons (Fsp3) is 0.417. The van der Waals surface area contributed by atoms with Crippen LogP contribution in [-0.4, -0.2) is 80.6 Å². The molecule has 0 atom stereocenters. The molecule has 0 saturated carbocycles. The second-order valence-corrected chi connectivity index (χ2v) is 13.0. The minimum atomic E-state index is -4.77. The van der Waals surface area contributed by atoms with Gasteiger partial charge in [-0.15, -0.1) is 0 Å². The van der Waals surface area contributed by atoms with E-state index in [9.17, 15) is 46.6 Å². The summed E-state index contributed by atoms with van der Waals surface area (Å²) in [5.74, 6) is 0. The van der Waals surface area contributed by atoms with E-state index in [0.717, 1.165) is 24.3 Å². The average molecular weight is 701 g/mol. The molecule has 238 valence electrons. The van der Waals surface area contributed by atoms with Crippen LogP contribution in [0.15, 0.2) is 36.4 Å². The Hall–Kier alpha value is -3.10. The molecule has 0 spiro atoms. The van der Waals surface area contributed by atoms with Crippen LogP contribution in [0.4, 0.5) is 49.1 Å². The number of hydrogen-bond donors (Lipinski definition) is 0. The van der Waals surface area contributed by atoms with Crippen LogP contribution in [-0.2, 0) is 12.4 Å². The van der Waals surface area contributed by atoms with Crippen molar-refractivity contribution in [1.29, 1.82) is 0 Å². The summed E-state index contributed by atoms with van der Waals surface area (Å²) >= 11 is 11.0. The second-order valence-electron chi connectivity index (χ2n) is 9.56. The molecule has 0 aromatic heterocycles. The molecule has 0 N–H and O–H groups in total. The Morgan fingerprint density at radius 2 is 0.955 bits per heavy atom. The second kappa shape index (κ2) is 13.5. The van der Waals surface area contributed by atoms with Crippen molar-refractivity contribution in [2.24, 2.45) is 0 Å². The molecule has 0 bridgehead atoms. The first kappa shape index (κ1) is 33.8. The SMILES string of the molecule is O=[N+]([O-])c1ccc(N2CCN(C(=S)SSC(=S)N3CCN(c4ccc([N+](=O)[O-])cc4C(F)(F)F)CC3)CC2)c(C(F)(F)F)c1. The largest absolute Gasteiger partial charge is 0.418 e. The molecule has 10 nitrogen and oxygen atoms in total. The minimum Gasteiger partial charge on any atom is -0.367 e. The molecule has 0 aliphatic carbocycles. The van der Waals surface area contributed by atoms with Crippen LogP contribution >= 0.6 is 46.0 Å². The number of nitro groups is 2. The van der Waals surface area contributed by atoms with E-state index in [1.165, 1.54) is 31.4 Å². The Morgan fingerprint density at radius 3 is 1.23 bits per heavy atom. The molecule has 2 saturated heterocycles. The number of anilines is 2. The van der Waals surface area contributed by atoms with E-state index in [1.54, 1.807) is 0 Å². The number of alkyl halides is 6. The number of hydrogen-bond acceptors (Lipinski definition) is 10. The van der Waals surface area contributed by atoms with E-state index >= 15 is 0 Å². The molecule has 4 rings (SSSR count). The number of piperazine rings is 2. The smallest absolute Gasteiger partial charge is 0.367 e. The van der Waals surface area contributed by atoms with Gasteiger partial charge in [0.05, 0.1) is 21.0 Å². The van der Waals surface area contributed by atoms with Crippen molar-refractivity contribution in [3.05, 3.63) is 67.8 Å². The maximum Gasteiger partial charge on any atom is 0.418 e. The summed E-state index contributed by atoms with van der Waals surface area (Å²) in [6.07, 6.45) is -9.55. The first-order chi connectivity index (χ1) is 20.6. The quantitative estimate of drug-likeness (QED) is 0.116. The highest BCUT2D eigenvalue weighted by Gasteiger charge is 2.38. The summed E-state index contributed by atoms with van der Waals surface area (Å²) in [6, 6.07) is 5.33. The fourth-order valence-electron chi connectivity index (χ4n) is 4.72. The summed E-state index contributed by atoms with van der Waals surface area (Å²) in [5, 5.41) is 21.9. The fourth-order valence-corrected chi connectivity index (χ4v) is 7.47. The zero-order valence-corrected chi connectivity index (χ0v) is 25.6. The van der Waals surface area contributed by atoms with Gasteiger partial charge in [0, 0.05) is 88.0 Å². The maximum atomic E-state index is 13.6. The number of halogens is 6. The van der Waals surface area contributed by atoms with E-state index in [1.807, 2.05) is 9.80 Å². The number of nitrogens with zero attached hydrogens (tertiary/aromatic N) is 6. The lowest BCUT2D eigenvalue weighted by Gasteiger charge is -2.39. The van der Waals surface area contributed by atoms with Crippen LogP contribution in [0.5, 0.6) is 0 Å². The number of non-ortho nitro benzene ring substituents is 2. The molecule has 2 aromatic carbocycles. The Bertz CT molecular complexity index is 1340. The summed E-state index contributed by atoms with van der Waals surface area (Å²) in [7, 11) is 2.39. The van der Waals surface area contributed by atoms with E-state index in [0.29, 0.717) is 47.0 Å². The van der Waals surface area contributed by atoms with Crippen molar-refractivity contribution >= 4 is 77.4 Å². The number of thiocarbonyl (C=S) groups is 2. The van der Waals surface area contributed by atoms with Crippen molar-refractivity contribution in [2.75, 3.05) is 62.2 Å². The van der Waals surface area contributed by atoms with E-state index in [4.69, 9.17) is 24.4 Å². The summed E-state index contributed by atoms with van der Waals surface area (Å²) < 4.78 is 82.6. The van der Waals surface area contributed by atoms with Crippen LogP contribution in [0.25, 0.3) is 0 Å². The van der Waals surface area contributed by atoms with Gasteiger partial charge in [0.15, 0.2) is 0 Å². The van der Waals surface area contributed by atoms with Gasteiger partial charge in [0.1, 0.15) is 8.64 Å². The minimum absolute atomic E-state index is 0.146. The summed E-state index contributed by atoms with van der Waals surface area (Å²) in [5.41, 5.74) is -3.75. The predicted octanol–water partition coefficient (Wildman–Crippen LogP) is 6.44. The van der Waals surface area contributed by atoms with Crippen LogP contribution in [0.1, 0.15) is 11.1 Å². The molecule has 2 fully saturated rings. The van der Waals surface area contributed by atoms with Gasteiger partial charge in [-0.1, -0.05) is 24.4 Å². The van der Waals surface area contributed by atoms with E-state index in [2.05, 4.69) is 0 Å². The molecular weight excluding hydrogens is 679 g/mol. The molecule has 20 heteroatoms. The average Bonchev–Trinajstić information content (AvgIpc) is 2.98. The lowest BCUT2D eigenvalue weighted by atomic mass is 10.1. The molecule has 0 amide bonds. The Morgan fingerprint density at radius 1 is 0.636 bits per heavy atom. The van der Waals surface area contributed by atoms with Crippen molar-refractivity contribution in [3.63, 3.8) is 0 Å². The molecule has 0 radical (unpaired) electrons. The van der Waals surface area contributed by atoms with Crippen LogP contribution in [0, 0.1) is 20.2 Å². The van der Waals surface area contributed by atoms with Gasteiger partial charge >= 0.3 is 12.4 Å². The van der Waals surface area contributed by atoms with Crippen molar-refractivity contribution < 1.29 is 36.2 Å².